The Hall–Kier alpha value is -0.570. The Morgan fingerprint density at radius 3 is 2.20 bits per heavy atom. The van der Waals surface area contributed by atoms with Gasteiger partial charge in [0, 0.05) is 6.04 Å². The van der Waals surface area contributed by atoms with Crippen molar-refractivity contribution in [1.82, 2.24) is 4.90 Å². The number of rotatable bonds is 4. The summed E-state index contributed by atoms with van der Waals surface area (Å²) in [6, 6.07) is -0.426. The highest BCUT2D eigenvalue weighted by atomic mass is 16.4. The predicted octanol–water partition coefficient (Wildman–Crippen LogP) is -0.533. The first-order valence-corrected chi connectivity index (χ1v) is 3.46. The quantitative estimate of drug-likeness (QED) is 0.532. The molecule has 3 nitrogen and oxygen atoms in total. The first kappa shape index (κ1) is 9.43. The number of nitrogens with zero attached hydrogens (tertiary/aromatic N) is 1. The Morgan fingerprint density at radius 1 is 1.60 bits per heavy atom. The first-order chi connectivity index (χ1) is 4.59. The van der Waals surface area contributed by atoms with Crippen molar-refractivity contribution >= 4 is 5.97 Å². The lowest BCUT2D eigenvalue weighted by Crippen LogP contribution is -2.44. The van der Waals surface area contributed by atoms with Crippen LogP contribution in [-0.2, 0) is 4.79 Å². The minimum atomic E-state index is -0.980. The number of aliphatic carboxylic acids is 1. The molecule has 0 saturated carbocycles. The van der Waals surface area contributed by atoms with Gasteiger partial charge in [-0.25, -0.2) is 0 Å². The SMILES string of the molecule is CCCC(C(=O)[O-])N(C)C. The van der Waals surface area contributed by atoms with Crippen LogP contribution in [0, 0.1) is 0 Å². The molecule has 0 aliphatic heterocycles. The highest BCUT2D eigenvalue weighted by Crippen LogP contribution is 2.00. The van der Waals surface area contributed by atoms with Gasteiger partial charge in [-0.3, -0.25) is 0 Å². The lowest BCUT2D eigenvalue weighted by Gasteiger charge is -2.24. The normalized spacial score (nSPS) is 13.6. The molecule has 60 valence electrons. The molecule has 0 aliphatic rings. The van der Waals surface area contributed by atoms with Crippen molar-refractivity contribution in [3.8, 4) is 0 Å². The molecular formula is C7H14NO2-. The second-order valence-corrected chi connectivity index (χ2v) is 2.59. The zero-order chi connectivity index (χ0) is 8.15. The molecule has 3 heteroatoms. The summed E-state index contributed by atoms with van der Waals surface area (Å²) in [7, 11) is 3.49. The summed E-state index contributed by atoms with van der Waals surface area (Å²) >= 11 is 0. The van der Waals surface area contributed by atoms with Crippen LogP contribution in [0.15, 0.2) is 0 Å². The molecule has 0 aliphatic carbocycles. The number of carboxylic acids is 1. The maximum Gasteiger partial charge on any atom is 0.0586 e. The number of hydrogen-bond acceptors (Lipinski definition) is 3. The maximum atomic E-state index is 10.4. The molecule has 0 amide bonds. The topological polar surface area (TPSA) is 43.4 Å². The molecule has 0 fully saturated rings. The van der Waals surface area contributed by atoms with Crippen LogP contribution in [-0.4, -0.2) is 31.0 Å². The second kappa shape index (κ2) is 4.28. The van der Waals surface area contributed by atoms with Crippen LogP contribution in [0.25, 0.3) is 0 Å². The average molecular weight is 144 g/mol. The Kier molecular flexibility index (Phi) is 4.03. The molecule has 0 bridgehead atoms. The van der Waals surface area contributed by atoms with Gasteiger partial charge in [-0.2, -0.15) is 0 Å². The maximum absolute atomic E-state index is 10.4. The summed E-state index contributed by atoms with van der Waals surface area (Å²) in [6.07, 6.45) is 1.53. The molecule has 0 aromatic carbocycles. The fourth-order valence-corrected chi connectivity index (χ4v) is 0.860. The lowest BCUT2D eigenvalue weighted by atomic mass is 10.1. The predicted molar refractivity (Wildman–Crippen MR) is 37.4 cm³/mol. The van der Waals surface area contributed by atoms with Crippen molar-refractivity contribution in [2.45, 2.75) is 25.8 Å². The molecule has 1 unspecified atom stereocenters. The average Bonchev–Trinajstić information content (AvgIpc) is 1.81. The van der Waals surface area contributed by atoms with Crippen LogP contribution in [0.1, 0.15) is 19.8 Å². The number of hydrogen-bond donors (Lipinski definition) is 0. The third kappa shape index (κ3) is 2.82. The molecule has 0 aromatic heterocycles. The summed E-state index contributed by atoms with van der Waals surface area (Å²) in [6.45, 7) is 1.96. The lowest BCUT2D eigenvalue weighted by molar-refractivity contribution is -0.311. The summed E-state index contributed by atoms with van der Waals surface area (Å²) < 4.78 is 0. The third-order valence-corrected chi connectivity index (χ3v) is 1.46. The highest BCUT2D eigenvalue weighted by Gasteiger charge is 2.09. The fraction of sp³-hybridized carbons (Fsp3) is 0.857. The van der Waals surface area contributed by atoms with Crippen molar-refractivity contribution in [3.63, 3.8) is 0 Å². The molecule has 1 atom stereocenters. The number of likely N-dealkylation sites (N-methyl/N-ethyl adjacent to an activating group) is 1. The molecule has 0 saturated heterocycles. The molecule has 10 heavy (non-hydrogen) atoms. The standard InChI is InChI=1S/C7H15NO2/c1-4-5-6(7(9)10)8(2)3/h6H,4-5H2,1-3H3,(H,9,10)/p-1. The molecular weight excluding hydrogens is 130 g/mol. The van der Waals surface area contributed by atoms with Gasteiger partial charge < -0.3 is 14.8 Å². The van der Waals surface area contributed by atoms with Gasteiger partial charge in [0.1, 0.15) is 0 Å². The summed E-state index contributed by atoms with van der Waals surface area (Å²) in [5, 5.41) is 10.4. The van der Waals surface area contributed by atoms with E-state index in [2.05, 4.69) is 0 Å². The van der Waals surface area contributed by atoms with E-state index in [1.54, 1.807) is 19.0 Å². The van der Waals surface area contributed by atoms with E-state index >= 15 is 0 Å². The molecule has 0 radical (unpaired) electrons. The molecule has 0 heterocycles. The first-order valence-electron chi connectivity index (χ1n) is 3.46. The van der Waals surface area contributed by atoms with E-state index in [0.717, 1.165) is 6.42 Å². The molecule has 0 spiro atoms. The van der Waals surface area contributed by atoms with E-state index in [4.69, 9.17) is 0 Å². The van der Waals surface area contributed by atoms with Crippen LogP contribution >= 0.6 is 0 Å². The summed E-state index contributed by atoms with van der Waals surface area (Å²) in [5.41, 5.74) is 0. The monoisotopic (exact) mass is 144 g/mol. The van der Waals surface area contributed by atoms with E-state index in [1.165, 1.54) is 0 Å². The largest absolute Gasteiger partial charge is 0.548 e. The number of carbonyl (C=O) groups is 1. The van der Waals surface area contributed by atoms with Crippen LogP contribution < -0.4 is 5.11 Å². The van der Waals surface area contributed by atoms with Crippen molar-refractivity contribution in [1.29, 1.82) is 0 Å². The van der Waals surface area contributed by atoms with E-state index in [0.29, 0.717) is 6.42 Å². The van der Waals surface area contributed by atoms with E-state index < -0.39 is 12.0 Å². The minimum absolute atomic E-state index is 0.426. The van der Waals surface area contributed by atoms with Gasteiger partial charge in [-0.1, -0.05) is 13.3 Å². The zero-order valence-electron chi connectivity index (χ0n) is 6.76. The van der Waals surface area contributed by atoms with Gasteiger partial charge in [-0.05, 0) is 20.5 Å². The Morgan fingerprint density at radius 2 is 2.10 bits per heavy atom. The van der Waals surface area contributed by atoms with Crippen LogP contribution in [0.4, 0.5) is 0 Å². The van der Waals surface area contributed by atoms with Gasteiger partial charge in [0.2, 0.25) is 0 Å². The zero-order valence-corrected chi connectivity index (χ0v) is 6.76. The molecule has 0 N–H and O–H groups in total. The van der Waals surface area contributed by atoms with Crippen molar-refractivity contribution in [3.05, 3.63) is 0 Å². The summed E-state index contributed by atoms with van der Waals surface area (Å²) in [5.74, 6) is -0.980. The van der Waals surface area contributed by atoms with Crippen molar-refractivity contribution < 1.29 is 9.90 Å². The Labute approximate surface area is 61.6 Å². The number of carbonyl (C=O) groups excluding carboxylic acids is 1. The highest BCUT2D eigenvalue weighted by molar-refractivity contribution is 5.70. The van der Waals surface area contributed by atoms with E-state index in [1.807, 2.05) is 6.92 Å². The van der Waals surface area contributed by atoms with Crippen molar-refractivity contribution in [2.75, 3.05) is 14.1 Å². The van der Waals surface area contributed by atoms with Crippen LogP contribution in [0.5, 0.6) is 0 Å². The number of carboxylic acid groups (broad SMARTS) is 1. The fourth-order valence-electron chi connectivity index (χ4n) is 0.860. The molecule has 0 aromatic rings. The smallest absolute Gasteiger partial charge is 0.0586 e. The Balaban J connectivity index is 3.85. The van der Waals surface area contributed by atoms with E-state index in [9.17, 15) is 9.90 Å². The van der Waals surface area contributed by atoms with Crippen LogP contribution in [0.3, 0.4) is 0 Å². The van der Waals surface area contributed by atoms with Gasteiger partial charge in [0.05, 0.1) is 5.97 Å². The van der Waals surface area contributed by atoms with Gasteiger partial charge in [0.15, 0.2) is 0 Å². The van der Waals surface area contributed by atoms with Crippen LogP contribution in [0.2, 0.25) is 0 Å². The summed E-state index contributed by atoms with van der Waals surface area (Å²) in [4.78, 5) is 12.0. The van der Waals surface area contributed by atoms with Gasteiger partial charge in [-0.15, -0.1) is 0 Å². The van der Waals surface area contributed by atoms with E-state index in [-0.39, 0.29) is 0 Å². The Bertz CT molecular complexity index is 112. The molecule has 0 rings (SSSR count). The van der Waals surface area contributed by atoms with Crippen molar-refractivity contribution in [2.24, 2.45) is 0 Å². The third-order valence-electron chi connectivity index (χ3n) is 1.46. The van der Waals surface area contributed by atoms with Gasteiger partial charge >= 0.3 is 0 Å². The van der Waals surface area contributed by atoms with Gasteiger partial charge in [0.25, 0.3) is 0 Å². The minimum Gasteiger partial charge on any atom is -0.548 e. The second-order valence-electron chi connectivity index (χ2n) is 2.59.